The number of hydrogen-bond acceptors (Lipinski definition) is 5. The summed E-state index contributed by atoms with van der Waals surface area (Å²) >= 11 is 1.80. The van der Waals surface area contributed by atoms with E-state index in [2.05, 4.69) is 39.8 Å². The second-order valence-electron chi connectivity index (χ2n) is 9.22. The highest BCUT2D eigenvalue weighted by Crippen LogP contribution is 2.57. The molecule has 2 saturated carbocycles. The van der Waals surface area contributed by atoms with Crippen LogP contribution in [0.2, 0.25) is 0 Å². The van der Waals surface area contributed by atoms with Crippen LogP contribution in [0.3, 0.4) is 0 Å². The molecule has 1 aromatic heterocycles. The van der Waals surface area contributed by atoms with Gasteiger partial charge in [-0.05, 0) is 64.5 Å². The van der Waals surface area contributed by atoms with Gasteiger partial charge in [0.15, 0.2) is 5.96 Å². The molecule has 0 amide bonds. The molecule has 0 radical (unpaired) electrons. The summed E-state index contributed by atoms with van der Waals surface area (Å²) in [4.78, 5) is 11.8. The molecule has 8 heteroatoms. The van der Waals surface area contributed by atoms with Gasteiger partial charge in [0.25, 0.3) is 0 Å². The molecule has 6 nitrogen and oxygen atoms in total. The molecule has 0 aromatic carbocycles. The number of aryl methyl sites for hydroxylation is 1. The third-order valence-electron chi connectivity index (χ3n) is 7.52. The Morgan fingerprint density at radius 1 is 1.32 bits per heavy atom. The van der Waals surface area contributed by atoms with E-state index >= 15 is 0 Å². The average molecular weight is 562 g/mol. The fraction of sp³-hybridized carbons (Fsp3) is 0.826. The van der Waals surface area contributed by atoms with Gasteiger partial charge in [-0.15, -0.1) is 35.3 Å². The zero-order chi connectivity index (χ0) is 21.0. The number of nitrogens with zero attached hydrogens (tertiary/aromatic N) is 3. The van der Waals surface area contributed by atoms with Gasteiger partial charge in [0.2, 0.25) is 0 Å². The van der Waals surface area contributed by atoms with Crippen molar-refractivity contribution >= 4 is 41.3 Å². The molecule has 3 aliphatic rings. The van der Waals surface area contributed by atoms with E-state index < -0.39 is 0 Å². The number of aliphatic imine (C=N–C) groups is 1. The molecule has 1 aromatic rings. The quantitative estimate of drug-likeness (QED) is 0.285. The molecule has 0 bridgehead atoms. The summed E-state index contributed by atoms with van der Waals surface area (Å²) in [5.74, 6) is 1.69. The normalized spacial score (nSPS) is 26.1. The van der Waals surface area contributed by atoms with Crippen molar-refractivity contribution in [3.05, 3.63) is 16.1 Å². The summed E-state index contributed by atoms with van der Waals surface area (Å²) in [6.07, 6.45) is 9.02. The van der Waals surface area contributed by atoms with Crippen molar-refractivity contribution in [3.63, 3.8) is 0 Å². The average Bonchev–Trinajstić information content (AvgIpc) is 3.17. The largest absolute Gasteiger partial charge is 0.378 e. The lowest BCUT2D eigenvalue weighted by atomic mass is 9.51. The van der Waals surface area contributed by atoms with E-state index in [0.717, 1.165) is 44.4 Å². The smallest absolute Gasteiger partial charge is 0.191 e. The minimum atomic E-state index is 0. The molecule has 1 aliphatic heterocycles. The molecule has 2 heterocycles. The lowest BCUT2D eigenvalue weighted by molar-refractivity contribution is -0.168. The molecule has 2 atom stereocenters. The molecular formula is C23H40IN5OS. The summed E-state index contributed by atoms with van der Waals surface area (Å²) in [5, 5.41) is 10.8. The van der Waals surface area contributed by atoms with Gasteiger partial charge in [-0.25, -0.2) is 4.98 Å². The van der Waals surface area contributed by atoms with E-state index in [0.29, 0.717) is 17.6 Å². The molecule has 4 rings (SSSR count). The van der Waals surface area contributed by atoms with Crippen molar-refractivity contribution in [3.8, 4) is 0 Å². The standard InChI is InChI=1S/C23H39N5OS.HI/c1-4-21-26-18(16-30-21)15-28-11-7-17(8-12-28)14-25-22(24-3)27-19-13-20(29-5-2)23(19)9-6-10-23;/h16-17,19-20H,4-15H2,1-3H3,(H2,24,25,27);1H. The number of aromatic nitrogens is 1. The maximum atomic E-state index is 5.99. The van der Waals surface area contributed by atoms with E-state index in [-0.39, 0.29) is 24.0 Å². The van der Waals surface area contributed by atoms with Crippen LogP contribution in [0.4, 0.5) is 0 Å². The minimum absolute atomic E-state index is 0. The van der Waals surface area contributed by atoms with Crippen molar-refractivity contribution in [2.75, 3.05) is 33.3 Å². The summed E-state index contributed by atoms with van der Waals surface area (Å²) < 4.78 is 5.99. The predicted octanol–water partition coefficient (Wildman–Crippen LogP) is 4.05. The van der Waals surface area contributed by atoms with Crippen molar-refractivity contribution in [1.82, 2.24) is 20.5 Å². The third-order valence-corrected chi connectivity index (χ3v) is 8.57. The number of guanidine groups is 1. The predicted molar refractivity (Wildman–Crippen MR) is 140 cm³/mol. The highest BCUT2D eigenvalue weighted by Gasteiger charge is 2.59. The number of likely N-dealkylation sites (tertiary alicyclic amines) is 1. The monoisotopic (exact) mass is 561 g/mol. The Balaban J connectivity index is 0.00000272. The van der Waals surface area contributed by atoms with Gasteiger partial charge >= 0.3 is 0 Å². The second kappa shape index (κ2) is 11.6. The summed E-state index contributed by atoms with van der Waals surface area (Å²) in [6.45, 7) is 9.46. The number of hydrogen-bond donors (Lipinski definition) is 2. The molecule has 3 fully saturated rings. The van der Waals surface area contributed by atoms with Crippen LogP contribution in [0.5, 0.6) is 0 Å². The Labute approximate surface area is 209 Å². The zero-order valence-corrected chi connectivity index (χ0v) is 22.5. The van der Waals surface area contributed by atoms with E-state index in [9.17, 15) is 0 Å². The Morgan fingerprint density at radius 3 is 2.68 bits per heavy atom. The van der Waals surface area contributed by atoms with E-state index in [1.54, 1.807) is 11.3 Å². The fourth-order valence-corrected chi connectivity index (χ4v) is 6.14. The first-order valence-electron chi connectivity index (χ1n) is 11.9. The van der Waals surface area contributed by atoms with Crippen LogP contribution in [0, 0.1) is 11.3 Å². The Hall–Kier alpha value is -0.450. The Bertz CT molecular complexity index is 715. The highest BCUT2D eigenvalue weighted by atomic mass is 127. The van der Waals surface area contributed by atoms with E-state index in [1.165, 1.54) is 55.9 Å². The van der Waals surface area contributed by atoms with Gasteiger partial charge in [-0.2, -0.15) is 0 Å². The topological polar surface area (TPSA) is 61.8 Å². The maximum Gasteiger partial charge on any atom is 0.191 e. The number of halogens is 1. The molecule has 2 unspecified atom stereocenters. The van der Waals surface area contributed by atoms with Crippen LogP contribution >= 0.6 is 35.3 Å². The van der Waals surface area contributed by atoms with Crippen molar-refractivity contribution in [2.45, 2.75) is 77.5 Å². The minimum Gasteiger partial charge on any atom is -0.378 e. The molecule has 176 valence electrons. The van der Waals surface area contributed by atoms with Gasteiger partial charge in [-0.3, -0.25) is 9.89 Å². The lowest BCUT2D eigenvalue weighted by Gasteiger charge is -2.61. The van der Waals surface area contributed by atoms with Crippen LogP contribution in [0.1, 0.15) is 63.1 Å². The zero-order valence-electron chi connectivity index (χ0n) is 19.4. The first kappa shape index (κ1) is 25.2. The molecule has 1 saturated heterocycles. The van der Waals surface area contributed by atoms with Crippen LogP contribution in [-0.2, 0) is 17.7 Å². The first-order chi connectivity index (χ1) is 14.7. The van der Waals surface area contributed by atoms with Crippen molar-refractivity contribution in [1.29, 1.82) is 0 Å². The molecule has 2 aliphatic carbocycles. The van der Waals surface area contributed by atoms with Crippen molar-refractivity contribution < 1.29 is 4.74 Å². The number of piperidine rings is 1. The lowest BCUT2D eigenvalue weighted by Crippen LogP contribution is -2.68. The number of ether oxygens (including phenoxy) is 1. The SMILES string of the molecule is CCOC1CC(NC(=NC)NCC2CCN(Cc3csc(CC)n3)CC2)C12CCC2.I. The molecular weight excluding hydrogens is 521 g/mol. The third kappa shape index (κ3) is 5.73. The van der Waals surface area contributed by atoms with Gasteiger partial charge in [0, 0.05) is 43.6 Å². The second-order valence-corrected chi connectivity index (χ2v) is 10.2. The molecule has 31 heavy (non-hydrogen) atoms. The number of nitrogens with one attached hydrogen (secondary N) is 2. The van der Waals surface area contributed by atoms with Gasteiger partial charge in [0.1, 0.15) is 0 Å². The highest BCUT2D eigenvalue weighted by molar-refractivity contribution is 14.0. The van der Waals surface area contributed by atoms with Crippen LogP contribution in [0.25, 0.3) is 0 Å². The Kier molecular flexibility index (Phi) is 9.43. The maximum absolute atomic E-state index is 5.99. The Morgan fingerprint density at radius 2 is 2.10 bits per heavy atom. The summed E-state index contributed by atoms with van der Waals surface area (Å²) in [6, 6.07) is 0.516. The summed E-state index contributed by atoms with van der Waals surface area (Å²) in [7, 11) is 1.89. The van der Waals surface area contributed by atoms with E-state index in [1.807, 2.05) is 7.05 Å². The van der Waals surface area contributed by atoms with Crippen LogP contribution in [-0.4, -0.2) is 61.3 Å². The molecule has 2 N–H and O–H groups in total. The van der Waals surface area contributed by atoms with Gasteiger partial charge in [0.05, 0.1) is 16.8 Å². The van der Waals surface area contributed by atoms with Crippen molar-refractivity contribution in [2.24, 2.45) is 16.3 Å². The van der Waals surface area contributed by atoms with Gasteiger partial charge < -0.3 is 15.4 Å². The first-order valence-corrected chi connectivity index (χ1v) is 12.8. The molecule has 1 spiro atoms. The van der Waals surface area contributed by atoms with E-state index in [4.69, 9.17) is 9.72 Å². The number of thiazole rings is 1. The van der Waals surface area contributed by atoms with Gasteiger partial charge in [-0.1, -0.05) is 13.3 Å². The summed E-state index contributed by atoms with van der Waals surface area (Å²) in [5.41, 5.74) is 1.61. The van der Waals surface area contributed by atoms with Crippen LogP contribution in [0.15, 0.2) is 10.4 Å². The number of rotatable bonds is 8. The fourth-order valence-electron chi connectivity index (χ4n) is 5.40. The van der Waals surface area contributed by atoms with Crippen LogP contribution < -0.4 is 10.6 Å².